The Kier molecular flexibility index (Phi) is 7.08. The predicted molar refractivity (Wildman–Crippen MR) is 92.2 cm³/mol. The number of furan rings is 1. The van der Waals surface area contributed by atoms with Gasteiger partial charge in [-0.3, -0.25) is 9.59 Å². The summed E-state index contributed by atoms with van der Waals surface area (Å²) in [6, 6.07) is 13.8. The van der Waals surface area contributed by atoms with Crippen LogP contribution in [0, 0.1) is 0 Å². The predicted octanol–water partition coefficient (Wildman–Crippen LogP) is 2.81. The van der Waals surface area contributed by atoms with E-state index < -0.39 is 0 Å². The van der Waals surface area contributed by atoms with Crippen LogP contribution in [0.3, 0.4) is 0 Å². The second-order valence-corrected chi connectivity index (χ2v) is 5.85. The monoisotopic (exact) mass is 328 g/mol. The highest BCUT2D eigenvalue weighted by Gasteiger charge is 2.10. The van der Waals surface area contributed by atoms with E-state index in [0.717, 1.165) is 12.8 Å². The molecule has 1 unspecified atom stereocenters. The molecule has 0 fully saturated rings. The van der Waals surface area contributed by atoms with Crippen molar-refractivity contribution in [2.45, 2.75) is 45.2 Å². The molecule has 2 aromatic rings. The summed E-state index contributed by atoms with van der Waals surface area (Å²) >= 11 is 0. The van der Waals surface area contributed by atoms with Crippen LogP contribution in [0.25, 0.3) is 0 Å². The van der Waals surface area contributed by atoms with Gasteiger partial charge in [0.15, 0.2) is 0 Å². The van der Waals surface area contributed by atoms with Gasteiger partial charge in [0.1, 0.15) is 5.76 Å². The third kappa shape index (κ3) is 6.69. The van der Waals surface area contributed by atoms with Gasteiger partial charge in [0.05, 0.1) is 12.8 Å². The van der Waals surface area contributed by atoms with Gasteiger partial charge >= 0.3 is 0 Å². The van der Waals surface area contributed by atoms with Crippen LogP contribution >= 0.6 is 0 Å². The van der Waals surface area contributed by atoms with Crippen LogP contribution in [0.4, 0.5) is 0 Å². The van der Waals surface area contributed by atoms with Crippen molar-refractivity contribution in [3.8, 4) is 0 Å². The standard InChI is InChI=1S/C19H24N2O3/c1-15(9-10-16-6-3-2-4-7-16)21-19(23)12-11-18(22)20-14-17-8-5-13-24-17/h2-8,13,15H,9-12,14H2,1H3,(H,20,22)(H,21,23). The molecule has 2 amide bonds. The van der Waals surface area contributed by atoms with Gasteiger partial charge in [-0.15, -0.1) is 0 Å². The lowest BCUT2D eigenvalue weighted by Gasteiger charge is -2.14. The van der Waals surface area contributed by atoms with E-state index in [2.05, 4.69) is 22.8 Å². The first-order valence-electron chi connectivity index (χ1n) is 8.26. The maximum Gasteiger partial charge on any atom is 0.220 e. The Balaban J connectivity index is 1.59. The number of nitrogens with one attached hydrogen (secondary N) is 2. The van der Waals surface area contributed by atoms with Gasteiger partial charge in [-0.25, -0.2) is 0 Å². The van der Waals surface area contributed by atoms with Crippen molar-refractivity contribution in [1.82, 2.24) is 10.6 Å². The van der Waals surface area contributed by atoms with Crippen molar-refractivity contribution >= 4 is 11.8 Å². The van der Waals surface area contributed by atoms with Gasteiger partial charge in [0.25, 0.3) is 0 Å². The van der Waals surface area contributed by atoms with Crippen molar-refractivity contribution in [3.05, 3.63) is 60.1 Å². The largest absolute Gasteiger partial charge is 0.467 e. The zero-order valence-corrected chi connectivity index (χ0v) is 14.0. The van der Waals surface area contributed by atoms with Gasteiger partial charge in [-0.1, -0.05) is 30.3 Å². The minimum absolute atomic E-state index is 0.0869. The number of benzene rings is 1. The Morgan fingerprint density at radius 1 is 1.04 bits per heavy atom. The average molecular weight is 328 g/mol. The fourth-order valence-electron chi connectivity index (χ4n) is 2.36. The second kappa shape index (κ2) is 9.55. The molecule has 1 heterocycles. The first-order valence-corrected chi connectivity index (χ1v) is 8.26. The summed E-state index contributed by atoms with van der Waals surface area (Å²) in [5.74, 6) is 0.449. The van der Waals surface area contributed by atoms with E-state index in [1.807, 2.05) is 25.1 Å². The van der Waals surface area contributed by atoms with Gasteiger partial charge in [-0.2, -0.15) is 0 Å². The Morgan fingerprint density at radius 2 is 1.79 bits per heavy atom. The molecule has 1 aromatic heterocycles. The molecule has 0 saturated heterocycles. The first kappa shape index (κ1) is 17.8. The molecule has 2 rings (SSSR count). The average Bonchev–Trinajstić information content (AvgIpc) is 3.11. The maximum absolute atomic E-state index is 11.9. The molecule has 5 heteroatoms. The van der Waals surface area contributed by atoms with Crippen LogP contribution in [-0.4, -0.2) is 17.9 Å². The smallest absolute Gasteiger partial charge is 0.220 e. The van der Waals surface area contributed by atoms with Crippen LogP contribution in [-0.2, 0) is 22.6 Å². The molecular weight excluding hydrogens is 304 g/mol. The highest BCUT2D eigenvalue weighted by molar-refractivity contribution is 5.83. The Morgan fingerprint density at radius 3 is 2.50 bits per heavy atom. The first-order chi connectivity index (χ1) is 11.6. The van der Waals surface area contributed by atoms with E-state index in [0.29, 0.717) is 12.3 Å². The Hall–Kier alpha value is -2.56. The minimum Gasteiger partial charge on any atom is -0.467 e. The SMILES string of the molecule is CC(CCc1ccccc1)NC(=O)CCC(=O)NCc1ccco1. The van der Waals surface area contributed by atoms with Gasteiger partial charge < -0.3 is 15.1 Å². The van der Waals surface area contributed by atoms with Crippen LogP contribution in [0.5, 0.6) is 0 Å². The molecule has 0 bridgehead atoms. The molecule has 0 radical (unpaired) electrons. The summed E-state index contributed by atoms with van der Waals surface area (Å²) in [5.41, 5.74) is 1.26. The normalized spacial score (nSPS) is 11.7. The highest BCUT2D eigenvalue weighted by Crippen LogP contribution is 2.05. The van der Waals surface area contributed by atoms with Gasteiger partial charge in [0.2, 0.25) is 11.8 Å². The molecule has 5 nitrogen and oxygen atoms in total. The fourth-order valence-corrected chi connectivity index (χ4v) is 2.36. The summed E-state index contributed by atoms with van der Waals surface area (Å²) < 4.78 is 5.13. The van der Waals surface area contributed by atoms with E-state index >= 15 is 0 Å². The third-order valence-electron chi connectivity index (χ3n) is 3.74. The van der Waals surface area contributed by atoms with Crippen molar-refractivity contribution < 1.29 is 14.0 Å². The molecule has 24 heavy (non-hydrogen) atoms. The van der Waals surface area contributed by atoms with Crippen molar-refractivity contribution in [1.29, 1.82) is 0 Å². The van der Waals surface area contributed by atoms with E-state index in [1.165, 1.54) is 5.56 Å². The fraction of sp³-hybridized carbons (Fsp3) is 0.368. The lowest BCUT2D eigenvalue weighted by Crippen LogP contribution is -2.34. The molecular formula is C19H24N2O3. The number of carbonyl (C=O) groups is 2. The van der Waals surface area contributed by atoms with Gasteiger partial charge in [0, 0.05) is 18.9 Å². The molecule has 1 aromatic carbocycles. The summed E-state index contributed by atoms with van der Waals surface area (Å²) in [4.78, 5) is 23.6. The molecule has 0 saturated carbocycles. The second-order valence-electron chi connectivity index (χ2n) is 5.85. The number of carbonyl (C=O) groups excluding carboxylic acids is 2. The Labute approximate surface area is 142 Å². The molecule has 0 aliphatic heterocycles. The van der Waals surface area contributed by atoms with Crippen LogP contribution < -0.4 is 10.6 Å². The van der Waals surface area contributed by atoms with E-state index in [-0.39, 0.29) is 30.7 Å². The van der Waals surface area contributed by atoms with Crippen molar-refractivity contribution in [2.24, 2.45) is 0 Å². The maximum atomic E-state index is 11.9. The summed E-state index contributed by atoms with van der Waals surface area (Å²) in [5, 5.41) is 5.67. The minimum atomic E-state index is -0.154. The van der Waals surface area contributed by atoms with Crippen LogP contribution in [0.2, 0.25) is 0 Å². The molecule has 0 aliphatic carbocycles. The molecule has 128 valence electrons. The van der Waals surface area contributed by atoms with Gasteiger partial charge in [-0.05, 0) is 37.5 Å². The third-order valence-corrected chi connectivity index (χ3v) is 3.74. The number of rotatable bonds is 9. The van der Waals surface area contributed by atoms with Crippen LogP contribution in [0.15, 0.2) is 53.1 Å². The van der Waals surface area contributed by atoms with Crippen LogP contribution in [0.1, 0.15) is 37.5 Å². The molecule has 0 spiro atoms. The molecule has 2 N–H and O–H groups in total. The quantitative estimate of drug-likeness (QED) is 0.743. The highest BCUT2D eigenvalue weighted by atomic mass is 16.3. The Bertz CT molecular complexity index is 623. The topological polar surface area (TPSA) is 71.3 Å². The lowest BCUT2D eigenvalue weighted by molar-refractivity contribution is -0.126. The molecule has 0 aliphatic rings. The zero-order valence-electron chi connectivity index (χ0n) is 14.0. The summed E-state index contributed by atoms with van der Waals surface area (Å²) in [6.45, 7) is 2.33. The molecule has 1 atom stereocenters. The van der Waals surface area contributed by atoms with E-state index in [4.69, 9.17) is 4.42 Å². The van der Waals surface area contributed by atoms with E-state index in [9.17, 15) is 9.59 Å². The number of aryl methyl sites for hydroxylation is 1. The number of hydrogen-bond donors (Lipinski definition) is 2. The number of amides is 2. The summed E-state index contributed by atoms with van der Waals surface area (Å²) in [7, 11) is 0. The summed E-state index contributed by atoms with van der Waals surface area (Å²) in [6.07, 6.45) is 3.73. The van der Waals surface area contributed by atoms with Crippen molar-refractivity contribution in [2.75, 3.05) is 0 Å². The number of hydrogen-bond acceptors (Lipinski definition) is 3. The lowest BCUT2D eigenvalue weighted by atomic mass is 10.1. The van der Waals surface area contributed by atoms with E-state index in [1.54, 1.807) is 18.4 Å². The zero-order chi connectivity index (χ0) is 17.2. The van der Waals surface area contributed by atoms with Crippen molar-refractivity contribution in [3.63, 3.8) is 0 Å².